The summed E-state index contributed by atoms with van der Waals surface area (Å²) >= 11 is 0. The first-order valence-corrected chi connectivity index (χ1v) is 7.54. The van der Waals surface area contributed by atoms with E-state index in [1.807, 2.05) is 0 Å². The van der Waals surface area contributed by atoms with Crippen LogP contribution in [0.1, 0.15) is 23.2 Å². The number of hydrogen-bond acceptors (Lipinski definition) is 5. The largest absolute Gasteiger partial charge is 0.480 e. The fourth-order valence-corrected chi connectivity index (χ4v) is 3.25. The molecule has 0 bridgehead atoms. The van der Waals surface area contributed by atoms with Crippen molar-refractivity contribution in [1.29, 1.82) is 0 Å². The van der Waals surface area contributed by atoms with E-state index in [4.69, 9.17) is 9.15 Å². The molecule has 0 spiro atoms. The molecule has 2 aliphatic heterocycles. The number of rotatable bonds is 3. The minimum Gasteiger partial charge on any atom is -0.480 e. The van der Waals surface area contributed by atoms with Crippen molar-refractivity contribution in [3.63, 3.8) is 0 Å². The monoisotopic (exact) mass is 308 g/mol. The fourth-order valence-electron chi connectivity index (χ4n) is 3.25. The topological polar surface area (TPSA) is 83.2 Å². The number of carbonyl (C=O) groups is 2. The maximum atomic E-state index is 12.4. The molecule has 0 saturated carbocycles. The number of carbonyl (C=O) groups excluding carboxylic acids is 1. The fraction of sp³-hybridized carbons (Fsp3) is 0.600. The number of carboxylic acid groups (broad SMARTS) is 1. The minimum atomic E-state index is -0.949. The molecule has 1 aromatic rings. The van der Waals surface area contributed by atoms with Crippen molar-refractivity contribution in [3.05, 3.63) is 24.2 Å². The molecule has 1 N–H and O–H groups in total. The highest BCUT2D eigenvalue weighted by atomic mass is 16.5. The number of amides is 1. The van der Waals surface area contributed by atoms with E-state index in [0.29, 0.717) is 31.7 Å². The summed E-state index contributed by atoms with van der Waals surface area (Å²) in [5.74, 6) is -1.23. The number of carboxylic acids is 1. The van der Waals surface area contributed by atoms with Crippen molar-refractivity contribution >= 4 is 11.9 Å². The van der Waals surface area contributed by atoms with Crippen molar-refractivity contribution in [1.82, 2.24) is 9.80 Å². The first-order valence-electron chi connectivity index (χ1n) is 7.54. The van der Waals surface area contributed by atoms with Gasteiger partial charge < -0.3 is 19.2 Å². The van der Waals surface area contributed by atoms with Gasteiger partial charge in [-0.3, -0.25) is 9.69 Å². The average molecular weight is 308 g/mol. The number of piperidine rings is 1. The molecule has 0 aromatic carbocycles. The average Bonchev–Trinajstić information content (AvgIpc) is 3.09. The first-order chi connectivity index (χ1) is 10.7. The molecular weight excluding hydrogens is 288 g/mol. The van der Waals surface area contributed by atoms with E-state index >= 15 is 0 Å². The Morgan fingerprint density at radius 3 is 2.64 bits per heavy atom. The highest BCUT2D eigenvalue weighted by Crippen LogP contribution is 2.25. The van der Waals surface area contributed by atoms with Crippen molar-refractivity contribution in [2.24, 2.45) is 0 Å². The maximum absolute atomic E-state index is 12.4. The van der Waals surface area contributed by atoms with E-state index < -0.39 is 12.0 Å². The molecule has 7 nitrogen and oxygen atoms in total. The van der Waals surface area contributed by atoms with Gasteiger partial charge in [0.2, 0.25) is 0 Å². The molecule has 0 aliphatic carbocycles. The molecule has 2 aliphatic rings. The molecular formula is C15H20N2O5. The first kappa shape index (κ1) is 15.1. The van der Waals surface area contributed by atoms with Gasteiger partial charge >= 0.3 is 5.97 Å². The number of aliphatic carboxylic acids is 1. The molecule has 3 heterocycles. The lowest BCUT2D eigenvalue weighted by Gasteiger charge is -2.42. The van der Waals surface area contributed by atoms with Crippen LogP contribution in [0.3, 0.4) is 0 Å². The zero-order valence-electron chi connectivity index (χ0n) is 12.3. The molecule has 2 saturated heterocycles. The van der Waals surface area contributed by atoms with Crippen LogP contribution >= 0.6 is 0 Å². The van der Waals surface area contributed by atoms with E-state index in [9.17, 15) is 14.7 Å². The van der Waals surface area contributed by atoms with Crippen LogP contribution < -0.4 is 0 Å². The summed E-state index contributed by atoms with van der Waals surface area (Å²) in [7, 11) is 0. The van der Waals surface area contributed by atoms with E-state index in [-0.39, 0.29) is 11.9 Å². The zero-order valence-corrected chi connectivity index (χ0v) is 12.3. The van der Waals surface area contributed by atoms with Crippen LogP contribution in [0, 0.1) is 0 Å². The minimum absolute atomic E-state index is 0.193. The SMILES string of the molecule is O=C(O)[C@H]1C[C@H](N2CCOCC2)CCN1C(=O)c1ccoc1. The third kappa shape index (κ3) is 3.00. The maximum Gasteiger partial charge on any atom is 0.326 e. The summed E-state index contributed by atoms with van der Waals surface area (Å²) in [4.78, 5) is 27.8. The Hall–Kier alpha value is -1.86. The lowest BCUT2D eigenvalue weighted by atomic mass is 9.94. The predicted molar refractivity (Wildman–Crippen MR) is 76.6 cm³/mol. The van der Waals surface area contributed by atoms with Gasteiger partial charge in [0.05, 0.1) is 25.0 Å². The van der Waals surface area contributed by atoms with E-state index in [1.165, 1.54) is 17.4 Å². The van der Waals surface area contributed by atoms with Crippen molar-refractivity contribution in [2.45, 2.75) is 24.9 Å². The van der Waals surface area contributed by atoms with E-state index in [2.05, 4.69) is 4.90 Å². The summed E-state index contributed by atoms with van der Waals surface area (Å²) in [5, 5.41) is 9.51. The van der Waals surface area contributed by atoms with Crippen LogP contribution in [0.4, 0.5) is 0 Å². The Morgan fingerprint density at radius 2 is 2.00 bits per heavy atom. The van der Waals surface area contributed by atoms with Crippen molar-refractivity contribution in [3.8, 4) is 0 Å². The summed E-state index contributed by atoms with van der Waals surface area (Å²) in [5.41, 5.74) is 0.399. The number of hydrogen-bond donors (Lipinski definition) is 1. The molecule has 3 rings (SSSR count). The van der Waals surface area contributed by atoms with Gasteiger partial charge in [0, 0.05) is 25.7 Å². The van der Waals surface area contributed by atoms with Gasteiger partial charge in [-0.05, 0) is 18.9 Å². The standard InChI is InChI=1S/C15H20N2O5/c18-14(11-2-6-22-10-11)17-3-1-12(9-13(17)15(19)20)16-4-7-21-8-5-16/h2,6,10,12-13H,1,3-5,7-9H2,(H,19,20)/t12-,13-/m1/s1. The Labute approximate surface area is 128 Å². The molecule has 7 heteroatoms. The molecule has 0 radical (unpaired) electrons. The predicted octanol–water partition coefficient (Wildman–Crippen LogP) is 0.670. The second kappa shape index (κ2) is 6.50. The quantitative estimate of drug-likeness (QED) is 0.883. The van der Waals surface area contributed by atoms with Gasteiger partial charge in [0.25, 0.3) is 5.91 Å². The van der Waals surface area contributed by atoms with E-state index in [0.717, 1.165) is 19.5 Å². The van der Waals surface area contributed by atoms with Gasteiger partial charge in [0.15, 0.2) is 0 Å². The Morgan fingerprint density at radius 1 is 1.23 bits per heavy atom. The van der Waals surface area contributed by atoms with Crippen LogP contribution in [-0.2, 0) is 9.53 Å². The van der Waals surface area contributed by atoms with Gasteiger partial charge in [0.1, 0.15) is 12.3 Å². The Bertz CT molecular complexity index is 524. The summed E-state index contributed by atoms with van der Waals surface area (Å²) in [6.45, 7) is 3.47. The molecule has 1 aromatic heterocycles. The summed E-state index contributed by atoms with van der Waals surface area (Å²) < 4.78 is 10.3. The van der Waals surface area contributed by atoms with Gasteiger partial charge in [-0.2, -0.15) is 0 Å². The van der Waals surface area contributed by atoms with Gasteiger partial charge in [-0.25, -0.2) is 4.79 Å². The number of ether oxygens (including phenoxy) is 1. The molecule has 2 fully saturated rings. The van der Waals surface area contributed by atoms with Crippen LogP contribution in [-0.4, -0.2) is 71.7 Å². The lowest BCUT2D eigenvalue weighted by Crippen LogP contribution is -2.56. The number of furan rings is 1. The second-order valence-electron chi connectivity index (χ2n) is 5.69. The summed E-state index contributed by atoms with van der Waals surface area (Å²) in [6, 6.07) is 0.970. The number of likely N-dealkylation sites (tertiary alicyclic amines) is 1. The highest BCUT2D eigenvalue weighted by Gasteiger charge is 2.38. The number of morpholine rings is 1. The van der Waals surface area contributed by atoms with Gasteiger partial charge in [-0.15, -0.1) is 0 Å². The van der Waals surface area contributed by atoms with Crippen molar-refractivity contribution in [2.75, 3.05) is 32.8 Å². The lowest BCUT2D eigenvalue weighted by molar-refractivity contribution is -0.144. The normalized spacial score (nSPS) is 26.8. The van der Waals surface area contributed by atoms with Crippen LogP contribution in [0.15, 0.2) is 23.0 Å². The molecule has 1 amide bonds. The van der Waals surface area contributed by atoms with Crippen LogP contribution in [0.25, 0.3) is 0 Å². The molecule has 120 valence electrons. The molecule has 0 unspecified atom stereocenters. The highest BCUT2D eigenvalue weighted by molar-refractivity contribution is 5.96. The van der Waals surface area contributed by atoms with E-state index in [1.54, 1.807) is 6.07 Å². The molecule has 22 heavy (non-hydrogen) atoms. The second-order valence-corrected chi connectivity index (χ2v) is 5.69. The zero-order chi connectivity index (χ0) is 15.5. The van der Waals surface area contributed by atoms with Crippen LogP contribution in [0.5, 0.6) is 0 Å². The summed E-state index contributed by atoms with van der Waals surface area (Å²) in [6.07, 6.45) is 4.02. The van der Waals surface area contributed by atoms with Gasteiger partial charge in [-0.1, -0.05) is 0 Å². The third-order valence-electron chi connectivity index (χ3n) is 4.45. The van der Waals surface area contributed by atoms with Crippen molar-refractivity contribution < 1.29 is 23.8 Å². The Balaban J connectivity index is 1.71. The molecule has 2 atom stereocenters. The Kier molecular flexibility index (Phi) is 4.44. The third-order valence-corrected chi connectivity index (χ3v) is 4.45. The number of nitrogens with zero attached hydrogens (tertiary/aromatic N) is 2. The van der Waals surface area contributed by atoms with Crippen LogP contribution in [0.2, 0.25) is 0 Å². The smallest absolute Gasteiger partial charge is 0.326 e.